The van der Waals surface area contributed by atoms with E-state index in [4.69, 9.17) is 6.42 Å². The van der Waals surface area contributed by atoms with Gasteiger partial charge < -0.3 is 14.9 Å². The van der Waals surface area contributed by atoms with E-state index >= 15 is 0 Å². The SMILES string of the molecule is C#CCN(CC)C(=O)N(C)C1(CC(=O)O)CCCCC1. The zero-order chi connectivity index (χ0) is 15.2. The summed E-state index contributed by atoms with van der Waals surface area (Å²) in [4.78, 5) is 26.9. The number of carboxylic acid groups (broad SMARTS) is 1. The molecular formula is C15H24N2O3. The third-order valence-electron chi connectivity index (χ3n) is 4.20. The summed E-state index contributed by atoms with van der Waals surface area (Å²) in [5.74, 6) is 1.62. The molecule has 0 spiro atoms. The van der Waals surface area contributed by atoms with Gasteiger partial charge in [0.05, 0.1) is 18.5 Å². The molecule has 1 rings (SSSR count). The second-order valence-electron chi connectivity index (χ2n) is 5.42. The van der Waals surface area contributed by atoms with Gasteiger partial charge in [0.1, 0.15) is 0 Å². The van der Waals surface area contributed by atoms with Gasteiger partial charge in [-0.15, -0.1) is 6.42 Å². The van der Waals surface area contributed by atoms with Crippen LogP contribution in [0.5, 0.6) is 0 Å². The molecule has 112 valence electrons. The number of hydrogen-bond acceptors (Lipinski definition) is 2. The minimum atomic E-state index is -0.855. The van der Waals surface area contributed by atoms with Crippen molar-refractivity contribution < 1.29 is 14.7 Å². The molecule has 1 aliphatic carbocycles. The molecule has 1 N–H and O–H groups in total. The van der Waals surface area contributed by atoms with E-state index in [2.05, 4.69) is 5.92 Å². The Balaban J connectivity index is 2.92. The lowest BCUT2D eigenvalue weighted by molar-refractivity contribution is -0.140. The number of rotatable bonds is 5. The number of urea groups is 1. The minimum absolute atomic E-state index is 0.00283. The third kappa shape index (κ3) is 3.66. The van der Waals surface area contributed by atoms with Crippen molar-refractivity contribution in [1.82, 2.24) is 9.80 Å². The summed E-state index contributed by atoms with van der Waals surface area (Å²) in [5.41, 5.74) is -0.566. The van der Waals surface area contributed by atoms with E-state index in [1.807, 2.05) is 6.92 Å². The van der Waals surface area contributed by atoms with Gasteiger partial charge in [0.15, 0.2) is 0 Å². The van der Waals surface area contributed by atoms with Crippen LogP contribution in [0.15, 0.2) is 0 Å². The van der Waals surface area contributed by atoms with Crippen LogP contribution in [0.2, 0.25) is 0 Å². The van der Waals surface area contributed by atoms with Crippen molar-refractivity contribution >= 4 is 12.0 Å². The summed E-state index contributed by atoms with van der Waals surface area (Å²) in [5, 5.41) is 9.18. The molecule has 5 heteroatoms. The van der Waals surface area contributed by atoms with Gasteiger partial charge in [-0.05, 0) is 19.8 Å². The fourth-order valence-corrected chi connectivity index (χ4v) is 2.96. The largest absolute Gasteiger partial charge is 0.481 e. The molecule has 2 amide bonds. The van der Waals surface area contributed by atoms with Gasteiger partial charge in [-0.1, -0.05) is 25.2 Å². The molecule has 0 aliphatic heterocycles. The number of aliphatic carboxylic acids is 1. The maximum Gasteiger partial charge on any atom is 0.321 e. The lowest BCUT2D eigenvalue weighted by Crippen LogP contribution is -2.56. The molecule has 1 fully saturated rings. The van der Waals surface area contributed by atoms with E-state index < -0.39 is 11.5 Å². The van der Waals surface area contributed by atoms with Crippen molar-refractivity contribution in [3.63, 3.8) is 0 Å². The molecule has 20 heavy (non-hydrogen) atoms. The van der Waals surface area contributed by atoms with Crippen molar-refractivity contribution in [1.29, 1.82) is 0 Å². The fourth-order valence-electron chi connectivity index (χ4n) is 2.96. The minimum Gasteiger partial charge on any atom is -0.481 e. The molecule has 5 nitrogen and oxygen atoms in total. The maximum absolute atomic E-state index is 12.5. The first kappa shape index (κ1) is 16.4. The van der Waals surface area contributed by atoms with Crippen molar-refractivity contribution in [2.24, 2.45) is 0 Å². The lowest BCUT2D eigenvalue weighted by Gasteiger charge is -2.45. The summed E-state index contributed by atoms with van der Waals surface area (Å²) in [6.07, 6.45) is 9.80. The van der Waals surface area contributed by atoms with Crippen molar-refractivity contribution in [2.45, 2.75) is 51.0 Å². The normalized spacial score (nSPS) is 17.1. The first-order chi connectivity index (χ1) is 9.46. The van der Waals surface area contributed by atoms with E-state index in [-0.39, 0.29) is 19.0 Å². The molecule has 0 heterocycles. The summed E-state index contributed by atoms with van der Waals surface area (Å²) < 4.78 is 0. The van der Waals surface area contributed by atoms with Crippen molar-refractivity contribution in [3.05, 3.63) is 0 Å². The van der Waals surface area contributed by atoms with E-state index in [0.717, 1.165) is 32.1 Å². The van der Waals surface area contributed by atoms with Gasteiger partial charge in [-0.3, -0.25) is 4.79 Å². The smallest absolute Gasteiger partial charge is 0.321 e. The quantitative estimate of drug-likeness (QED) is 0.785. The third-order valence-corrected chi connectivity index (χ3v) is 4.20. The number of carbonyl (C=O) groups is 2. The van der Waals surface area contributed by atoms with Crippen LogP contribution in [0, 0.1) is 12.3 Å². The van der Waals surface area contributed by atoms with Crippen LogP contribution in [-0.4, -0.2) is 52.6 Å². The number of nitrogens with zero attached hydrogens (tertiary/aromatic N) is 2. The topological polar surface area (TPSA) is 60.9 Å². The predicted octanol–water partition coefficient (Wildman–Crippen LogP) is 2.17. The Labute approximate surface area is 120 Å². The fraction of sp³-hybridized carbons (Fsp3) is 0.733. The van der Waals surface area contributed by atoms with E-state index in [0.29, 0.717) is 6.54 Å². The highest BCUT2D eigenvalue weighted by Crippen LogP contribution is 2.36. The Kier molecular flexibility index (Phi) is 5.87. The Morgan fingerprint density at radius 2 is 1.90 bits per heavy atom. The monoisotopic (exact) mass is 280 g/mol. The number of hydrogen-bond donors (Lipinski definition) is 1. The second-order valence-corrected chi connectivity index (χ2v) is 5.42. The van der Waals surface area contributed by atoms with Gasteiger partial charge in [-0.2, -0.15) is 0 Å². The molecule has 0 aromatic carbocycles. The number of carbonyl (C=O) groups excluding carboxylic acids is 1. The first-order valence-corrected chi connectivity index (χ1v) is 7.15. The van der Waals surface area contributed by atoms with Crippen LogP contribution in [0.1, 0.15) is 45.4 Å². The van der Waals surface area contributed by atoms with Crippen LogP contribution in [-0.2, 0) is 4.79 Å². The van der Waals surface area contributed by atoms with E-state index in [1.165, 1.54) is 0 Å². The Bertz CT molecular complexity index is 394. The van der Waals surface area contributed by atoms with Crippen LogP contribution in [0.4, 0.5) is 4.79 Å². The van der Waals surface area contributed by atoms with Gasteiger partial charge in [0.25, 0.3) is 0 Å². The summed E-state index contributed by atoms with van der Waals surface area (Å²) in [6.45, 7) is 2.65. The molecule has 1 aliphatic rings. The van der Waals surface area contributed by atoms with Gasteiger partial charge in [0, 0.05) is 13.6 Å². The Morgan fingerprint density at radius 1 is 1.30 bits per heavy atom. The molecule has 0 aromatic rings. The molecule has 0 aromatic heterocycles. The maximum atomic E-state index is 12.5. The molecule has 0 unspecified atom stereocenters. The summed E-state index contributed by atoms with van der Waals surface area (Å²) in [7, 11) is 1.70. The number of carboxylic acids is 1. The van der Waals surface area contributed by atoms with Gasteiger partial charge in [0.2, 0.25) is 0 Å². The summed E-state index contributed by atoms with van der Waals surface area (Å²) in [6, 6.07) is -0.173. The molecule has 0 bridgehead atoms. The highest BCUT2D eigenvalue weighted by Gasteiger charge is 2.41. The highest BCUT2D eigenvalue weighted by atomic mass is 16.4. The van der Waals surface area contributed by atoms with Crippen LogP contribution < -0.4 is 0 Å². The zero-order valence-electron chi connectivity index (χ0n) is 12.4. The van der Waals surface area contributed by atoms with Crippen molar-refractivity contribution in [3.8, 4) is 12.3 Å². The average Bonchev–Trinajstić information content (AvgIpc) is 2.43. The van der Waals surface area contributed by atoms with Crippen LogP contribution >= 0.6 is 0 Å². The molecule has 0 radical (unpaired) electrons. The summed E-state index contributed by atoms with van der Waals surface area (Å²) >= 11 is 0. The number of amides is 2. The Hall–Kier alpha value is -1.70. The lowest BCUT2D eigenvalue weighted by atomic mass is 9.78. The molecular weight excluding hydrogens is 256 g/mol. The first-order valence-electron chi connectivity index (χ1n) is 7.15. The molecule has 0 atom stereocenters. The van der Waals surface area contributed by atoms with Crippen LogP contribution in [0.25, 0.3) is 0 Å². The molecule has 1 saturated carbocycles. The van der Waals surface area contributed by atoms with Crippen LogP contribution in [0.3, 0.4) is 0 Å². The predicted molar refractivity (Wildman–Crippen MR) is 77.3 cm³/mol. The highest BCUT2D eigenvalue weighted by molar-refractivity contribution is 5.77. The van der Waals surface area contributed by atoms with Crippen molar-refractivity contribution in [2.75, 3.05) is 20.1 Å². The van der Waals surface area contributed by atoms with Gasteiger partial charge in [-0.25, -0.2) is 4.79 Å². The van der Waals surface area contributed by atoms with E-state index in [9.17, 15) is 14.7 Å². The number of terminal acetylenes is 1. The molecule has 0 saturated heterocycles. The Morgan fingerprint density at radius 3 is 2.35 bits per heavy atom. The van der Waals surface area contributed by atoms with Gasteiger partial charge >= 0.3 is 12.0 Å². The standard InChI is InChI=1S/C15H24N2O3/c1-4-11-17(5-2)14(20)16(3)15(12-13(18)19)9-7-6-8-10-15/h1H,5-12H2,2-3H3,(H,18,19). The average molecular weight is 280 g/mol. The second kappa shape index (κ2) is 7.18. The zero-order valence-corrected chi connectivity index (χ0v) is 12.4. The van der Waals surface area contributed by atoms with E-state index in [1.54, 1.807) is 16.8 Å².